The number of hydrogen-bond acceptors (Lipinski definition) is 0. The lowest BCUT2D eigenvalue weighted by Gasteiger charge is -1.93. The van der Waals surface area contributed by atoms with Crippen LogP contribution in [0, 0.1) is 0 Å². The lowest BCUT2D eigenvalue weighted by atomic mass is 10.4. The van der Waals surface area contributed by atoms with E-state index in [2.05, 4.69) is 30.6 Å². The second kappa shape index (κ2) is 4.04. The van der Waals surface area contributed by atoms with Gasteiger partial charge >= 0.3 is 0 Å². The van der Waals surface area contributed by atoms with Crippen molar-refractivity contribution < 1.29 is 0 Å². The van der Waals surface area contributed by atoms with E-state index in [9.17, 15) is 0 Å². The van der Waals surface area contributed by atoms with Crippen LogP contribution in [0.2, 0.25) is 0 Å². The Morgan fingerprint density at radius 3 is 1.44 bits per heavy atom. The smallest absolute Gasteiger partial charge is 0.0814 e. The Kier molecular flexibility index (Phi) is 4.11. The molecule has 1 aromatic rings. The molecule has 0 aromatic heterocycles. The van der Waals surface area contributed by atoms with Gasteiger partial charge in [-0.1, -0.05) is 24.3 Å². The van der Waals surface area contributed by atoms with E-state index in [4.69, 9.17) is 0 Å². The zero-order valence-electron chi connectivity index (χ0n) is 4.46. The van der Waals surface area contributed by atoms with Gasteiger partial charge in [0.05, 0.1) is 8.41 Å². The van der Waals surface area contributed by atoms with Crippen LogP contribution in [0.25, 0.3) is 0 Å². The van der Waals surface area contributed by atoms with Crippen molar-refractivity contribution in [1.82, 2.24) is 0 Å². The van der Waals surface area contributed by atoms with Crippen LogP contribution in [-0.2, 0) is 0 Å². The molecule has 0 aliphatic rings. The summed E-state index contributed by atoms with van der Waals surface area (Å²) in [6.07, 6.45) is 0. The van der Waals surface area contributed by atoms with Gasteiger partial charge in [0.25, 0.3) is 0 Å². The zero-order chi connectivity index (χ0) is 5.98. The van der Waals surface area contributed by atoms with Crippen LogP contribution in [0.1, 0.15) is 0 Å². The second-order valence-corrected chi connectivity index (χ2v) is 2.87. The fourth-order valence-corrected chi connectivity index (χ4v) is 0.926. The molecule has 0 spiro atoms. The molecule has 0 fully saturated rings. The van der Waals surface area contributed by atoms with Gasteiger partial charge in [0.15, 0.2) is 0 Å². The van der Waals surface area contributed by atoms with Crippen molar-refractivity contribution in [3.05, 3.63) is 24.3 Å². The van der Waals surface area contributed by atoms with E-state index in [0.29, 0.717) is 0 Å². The number of rotatable bonds is 0. The van der Waals surface area contributed by atoms with Gasteiger partial charge in [-0.15, -0.1) is 18.5 Å². The molecule has 0 saturated carbocycles. The van der Waals surface area contributed by atoms with Crippen molar-refractivity contribution in [2.24, 2.45) is 0 Å². The minimum atomic E-state index is 0. The lowest BCUT2D eigenvalue weighted by Crippen LogP contribution is -2.08. The Morgan fingerprint density at radius 2 is 1.22 bits per heavy atom. The third-order valence-corrected chi connectivity index (χ3v) is 2.38. The zero-order valence-corrected chi connectivity index (χ0v) is 6.77. The van der Waals surface area contributed by atoms with Crippen molar-refractivity contribution in [2.45, 2.75) is 0 Å². The van der Waals surface area contributed by atoms with Crippen LogP contribution >= 0.6 is 18.5 Å². The SMILES string of the molecule is B.Pc1ccccc1P. The van der Waals surface area contributed by atoms with Crippen molar-refractivity contribution >= 4 is 37.5 Å². The van der Waals surface area contributed by atoms with Crippen LogP contribution < -0.4 is 10.6 Å². The first-order valence-electron chi connectivity index (χ1n) is 2.40. The predicted octanol–water partition coefficient (Wildman–Crippen LogP) is -0.497. The molecule has 0 nitrogen and oxygen atoms in total. The molecule has 0 radical (unpaired) electrons. The maximum atomic E-state index is 2.67. The summed E-state index contributed by atoms with van der Waals surface area (Å²) >= 11 is 0. The molecule has 9 heavy (non-hydrogen) atoms. The van der Waals surface area contributed by atoms with Crippen molar-refractivity contribution in [1.29, 1.82) is 0 Å². The van der Waals surface area contributed by atoms with E-state index in [1.165, 1.54) is 10.6 Å². The Morgan fingerprint density at radius 1 is 0.889 bits per heavy atom. The second-order valence-electron chi connectivity index (χ2n) is 1.63. The predicted molar refractivity (Wildman–Crippen MR) is 55.1 cm³/mol. The fourth-order valence-electron chi connectivity index (χ4n) is 0.511. The highest BCUT2D eigenvalue weighted by Crippen LogP contribution is 1.90. The molecule has 0 heterocycles. The molecule has 48 valence electrons. The minimum absolute atomic E-state index is 0. The largest absolute Gasteiger partial charge is 0.105 e. The van der Waals surface area contributed by atoms with Crippen molar-refractivity contribution in [3.8, 4) is 0 Å². The summed E-state index contributed by atoms with van der Waals surface area (Å²) < 4.78 is 0. The summed E-state index contributed by atoms with van der Waals surface area (Å²) in [5.74, 6) is 0. The molecular formula is C6H11BP2. The van der Waals surface area contributed by atoms with E-state index in [-0.39, 0.29) is 8.41 Å². The van der Waals surface area contributed by atoms with Gasteiger partial charge in [-0.3, -0.25) is 0 Å². The lowest BCUT2D eigenvalue weighted by molar-refractivity contribution is 1.84. The van der Waals surface area contributed by atoms with E-state index in [1.54, 1.807) is 0 Å². The van der Waals surface area contributed by atoms with Gasteiger partial charge in [0.1, 0.15) is 0 Å². The summed E-state index contributed by atoms with van der Waals surface area (Å²) in [5, 5.41) is 2.50. The Balaban J connectivity index is 0.000000640. The van der Waals surface area contributed by atoms with Crippen LogP contribution in [0.5, 0.6) is 0 Å². The Hall–Kier alpha value is 0.145. The summed E-state index contributed by atoms with van der Waals surface area (Å²) in [6.45, 7) is 0. The van der Waals surface area contributed by atoms with E-state index < -0.39 is 0 Å². The maximum absolute atomic E-state index is 2.67. The molecular weight excluding hydrogens is 145 g/mol. The Bertz CT molecular complexity index is 167. The van der Waals surface area contributed by atoms with Gasteiger partial charge in [-0.05, 0) is 10.6 Å². The molecule has 0 saturated heterocycles. The maximum Gasteiger partial charge on any atom is 0.0814 e. The fraction of sp³-hybridized carbons (Fsp3) is 0. The highest BCUT2D eigenvalue weighted by atomic mass is 31.0. The molecule has 1 rings (SSSR count). The van der Waals surface area contributed by atoms with Gasteiger partial charge in [-0.25, -0.2) is 0 Å². The Labute approximate surface area is 62.4 Å². The molecule has 2 atom stereocenters. The summed E-state index contributed by atoms with van der Waals surface area (Å²) in [4.78, 5) is 0. The molecule has 0 bridgehead atoms. The van der Waals surface area contributed by atoms with Crippen LogP contribution in [-0.4, -0.2) is 8.41 Å². The molecule has 3 heteroatoms. The molecule has 2 unspecified atom stereocenters. The van der Waals surface area contributed by atoms with Gasteiger partial charge in [0.2, 0.25) is 0 Å². The summed E-state index contributed by atoms with van der Waals surface area (Å²) in [6, 6.07) is 8.17. The quantitative estimate of drug-likeness (QED) is 0.351. The monoisotopic (exact) mass is 156 g/mol. The van der Waals surface area contributed by atoms with E-state index in [1.807, 2.05) is 12.1 Å². The summed E-state index contributed by atoms with van der Waals surface area (Å²) in [7, 11) is 5.33. The first kappa shape index (κ1) is 9.14. The topological polar surface area (TPSA) is 0 Å². The number of benzene rings is 1. The molecule has 0 aliphatic heterocycles. The van der Waals surface area contributed by atoms with Crippen LogP contribution in [0.4, 0.5) is 0 Å². The van der Waals surface area contributed by atoms with Crippen molar-refractivity contribution in [2.75, 3.05) is 0 Å². The van der Waals surface area contributed by atoms with Gasteiger partial charge in [-0.2, -0.15) is 0 Å². The third kappa shape index (κ3) is 2.48. The third-order valence-electron chi connectivity index (χ3n) is 0.996. The molecule has 0 amide bonds. The van der Waals surface area contributed by atoms with Gasteiger partial charge < -0.3 is 0 Å². The average Bonchev–Trinajstić information content (AvgIpc) is 1.77. The standard InChI is InChI=1S/C6H8P2.BH3/c7-5-3-1-2-4-6(5)8;/h1-4H,7-8H2;1H3. The van der Waals surface area contributed by atoms with Crippen molar-refractivity contribution in [3.63, 3.8) is 0 Å². The minimum Gasteiger partial charge on any atom is -0.105 e. The first-order valence-corrected chi connectivity index (χ1v) is 3.56. The van der Waals surface area contributed by atoms with E-state index >= 15 is 0 Å². The highest BCUT2D eigenvalue weighted by Gasteiger charge is 1.84. The van der Waals surface area contributed by atoms with Gasteiger partial charge in [0, 0.05) is 0 Å². The first-order chi connectivity index (χ1) is 3.80. The summed E-state index contributed by atoms with van der Waals surface area (Å²) in [5.41, 5.74) is 0. The molecule has 0 N–H and O–H groups in total. The molecule has 1 aromatic carbocycles. The number of hydrogen-bond donors (Lipinski definition) is 0. The van der Waals surface area contributed by atoms with E-state index in [0.717, 1.165) is 0 Å². The normalized spacial score (nSPS) is 8.22. The highest BCUT2D eigenvalue weighted by molar-refractivity contribution is 7.35. The molecule has 0 aliphatic carbocycles. The average molecular weight is 156 g/mol. The van der Waals surface area contributed by atoms with Crippen LogP contribution in [0.15, 0.2) is 24.3 Å². The van der Waals surface area contributed by atoms with Crippen LogP contribution in [0.3, 0.4) is 0 Å².